The molecule has 0 spiro atoms. The minimum Gasteiger partial charge on any atom is -0.318 e. The minimum atomic E-state index is -0.222. The van der Waals surface area contributed by atoms with Crippen molar-refractivity contribution in [1.29, 1.82) is 0 Å². The van der Waals surface area contributed by atoms with Crippen molar-refractivity contribution in [1.82, 2.24) is 9.99 Å². The number of hydrogen-bond acceptors (Lipinski definition) is 2. The third-order valence-electron chi connectivity index (χ3n) is 5.44. The lowest BCUT2D eigenvalue weighted by molar-refractivity contribution is 0.0955. The first-order valence-electron chi connectivity index (χ1n) is 10.0. The van der Waals surface area contributed by atoms with E-state index in [0.717, 1.165) is 33.4 Å². The fourth-order valence-corrected chi connectivity index (χ4v) is 3.90. The molecule has 150 valence electrons. The van der Waals surface area contributed by atoms with Crippen molar-refractivity contribution in [2.24, 2.45) is 5.10 Å². The highest BCUT2D eigenvalue weighted by atomic mass is 16.2. The summed E-state index contributed by atoms with van der Waals surface area (Å²) in [6.45, 7) is 8.37. The molecule has 1 amide bonds. The van der Waals surface area contributed by atoms with Crippen LogP contribution in [-0.2, 0) is 0 Å². The number of aryl methyl sites for hydroxylation is 3. The summed E-state index contributed by atoms with van der Waals surface area (Å²) >= 11 is 0. The van der Waals surface area contributed by atoms with Gasteiger partial charge in [-0.25, -0.2) is 5.43 Å². The Hall–Kier alpha value is -3.66. The predicted octanol–water partition coefficient (Wildman–Crippen LogP) is 5.63. The zero-order valence-electron chi connectivity index (χ0n) is 17.7. The minimum absolute atomic E-state index is 0.222. The van der Waals surface area contributed by atoms with Crippen molar-refractivity contribution < 1.29 is 4.79 Å². The molecule has 0 aliphatic rings. The van der Waals surface area contributed by atoms with Gasteiger partial charge in [-0.3, -0.25) is 4.79 Å². The number of benzene rings is 3. The molecule has 4 aromatic rings. The van der Waals surface area contributed by atoms with Crippen molar-refractivity contribution in [2.45, 2.75) is 27.7 Å². The summed E-state index contributed by atoms with van der Waals surface area (Å²) in [4.78, 5) is 12.5. The van der Waals surface area contributed by atoms with Crippen LogP contribution in [-0.4, -0.2) is 16.7 Å². The van der Waals surface area contributed by atoms with E-state index >= 15 is 0 Å². The van der Waals surface area contributed by atoms with E-state index in [1.807, 2.05) is 42.5 Å². The number of hydrazone groups is 1. The second-order valence-corrected chi connectivity index (χ2v) is 7.71. The van der Waals surface area contributed by atoms with Crippen LogP contribution in [0.3, 0.4) is 0 Å². The Balaban J connectivity index is 1.54. The molecule has 0 aliphatic carbocycles. The number of hydrogen-bond donors (Lipinski definition) is 1. The van der Waals surface area contributed by atoms with Gasteiger partial charge >= 0.3 is 0 Å². The van der Waals surface area contributed by atoms with Crippen LogP contribution in [0.5, 0.6) is 0 Å². The number of nitrogens with one attached hydrogen (secondary N) is 1. The zero-order chi connectivity index (χ0) is 21.3. The molecule has 3 aromatic carbocycles. The third kappa shape index (κ3) is 3.77. The molecule has 4 heteroatoms. The van der Waals surface area contributed by atoms with E-state index in [1.165, 1.54) is 11.1 Å². The maximum Gasteiger partial charge on any atom is 0.271 e. The van der Waals surface area contributed by atoms with Crippen molar-refractivity contribution in [3.05, 3.63) is 100 Å². The van der Waals surface area contributed by atoms with Crippen LogP contribution in [0.2, 0.25) is 0 Å². The Labute approximate surface area is 176 Å². The number of rotatable bonds is 4. The van der Waals surface area contributed by atoms with Gasteiger partial charge in [0.25, 0.3) is 5.91 Å². The summed E-state index contributed by atoms with van der Waals surface area (Å²) in [7, 11) is 0. The Morgan fingerprint density at radius 1 is 0.900 bits per heavy atom. The van der Waals surface area contributed by atoms with Crippen LogP contribution in [0.4, 0.5) is 0 Å². The smallest absolute Gasteiger partial charge is 0.271 e. The second kappa shape index (κ2) is 7.99. The average Bonchev–Trinajstić information content (AvgIpc) is 3.01. The summed E-state index contributed by atoms with van der Waals surface area (Å²) in [6.07, 6.45) is 1.71. The quantitative estimate of drug-likeness (QED) is 0.353. The van der Waals surface area contributed by atoms with E-state index in [0.29, 0.717) is 5.56 Å². The Kier molecular flexibility index (Phi) is 5.23. The second-order valence-electron chi connectivity index (χ2n) is 7.71. The van der Waals surface area contributed by atoms with E-state index < -0.39 is 0 Å². The van der Waals surface area contributed by atoms with Crippen LogP contribution in [0.1, 0.15) is 38.4 Å². The monoisotopic (exact) mass is 395 g/mol. The number of nitrogens with zero attached hydrogens (tertiary/aromatic N) is 2. The van der Waals surface area contributed by atoms with Crippen molar-refractivity contribution in [3.8, 4) is 5.69 Å². The first kappa shape index (κ1) is 19.6. The number of fused-ring (bicyclic) bond motifs is 1. The van der Waals surface area contributed by atoms with E-state index in [1.54, 1.807) is 6.21 Å². The van der Waals surface area contributed by atoms with Crippen LogP contribution >= 0.6 is 0 Å². The van der Waals surface area contributed by atoms with E-state index in [2.05, 4.69) is 67.1 Å². The SMILES string of the molecule is Cc1ccc(-n2c(C)cc(/C=N/NC(=O)c3ccc4ccccc4c3)c2C)c(C)c1. The molecule has 1 heterocycles. The van der Waals surface area contributed by atoms with Gasteiger partial charge in [-0.05, 0) is 68.3 Å². The van der Waals surface area contributed by atoms with Gasteiger partial charge in [0.1, 0.15) is 0 Å². The van der Waals surface area contributed by atoms with Gasteiger partial charge in [-0.2, -0.15) is 5.10 Å². The third-order valence-corrected chi connectivity index (χ3v) is 5.44. The van der Waals surface area contributed by atoms with Crippen LogP contribution in [0, 0.1) is 27.7 Å². The van der Waals surface area contributed by atoms with Crippen LogP contribution < -0.4 is 5.43 Å². The number of carbonyl (C=O) groups excluding carboxylic acids is 1. The molecule has 0 unspecified atom stereocenters. The summed E-state index contributed by atoms with van der Waals surface area (Å²) < 4.78 is 2.22. The van der Waals surface area contributed by atoms with E-state index in [-0.39, 0.29) is 5.91 Å². The Morgan fingerprint density at radius 3 is 2.43 bits per heavy atom. The molecule has 1 aromatic heterocycles. The molecule has 0 bridgehead atoms. The lowest BCUT2D eigenvalue weighted by Crippen LogP contribution is -2.17. The molecular formula is C26H25N3O. The first-order valence-corrected chi connectivity index (χ1v) is 10.0. The highest BCUT2D eigenvalue weighted by Gasteiger charge is 2.12. The fraction of sp³-hybridized carbons (Fsp3) is 0.154. The highest BCUT2D eigenvalue weighted by molar-refractivity contribution is 5.99. The zero-order valence-corrected chi connectivity index (χ0v) is 17.7. The topological polar surface area (TPSA) is 46.4 Å². The van der Waals surface area contributed by atoms with Gasteiger partial charge in [0.2, 0.25) is 0 Å². The molecule has 30 heavy (non-hydrogen) atoms. The molecule has 0 saturated carbocycles. The average molecular weight is 396 g/mol. The van der Waals surface area contributed by atoms with Gasteiger partial charge in [-0.1, -0.05) is 48.0 Å². The van der Waals surface area contributed by atoms with Crippen molar-refractivity contribution in [2.75, 3.05) is 0 Å². The van der Waals surface area contributed by atoms with Crippen LogP contribution in [0.25, 0.3) is 16.5 Å². The maximum atomic E-state index is 12.5. The van der Waals surface area contributed by atoms with Crippen molar-refractivity contribution >= 4 is 22.9 Å². The van der Waals surface area contributed by atoms with E-state index in [9.17, 15) is 4.79 Å². The number of aromatic nitrogens is 1. The van der Waals surface area contributed by atoms with Crippen LogP contribution in [0.15, 0.2) is 71.8 Å². The molecular weight excluding hydrogens is 370 g/mol. The normalized spacial score (nSPS) is 11.3. The standard InChI is InChI=1S/C26H25N3O/c1-17-9-12-25(18(2)13-17)29-19(3)14-24(20(29)4)16-27-28-26(30)23-11-10-21-7-5-6-8-22(21)15-23/h5-16H,1-4H3,(H,28,30)/b27-16+. The lowest BCUT2D eigenvalue weighted by Gasteiger charge is -2.13. The molecule has 4 rings (SSSR count). The molecule has 0 atom stereocenters. The number of carbonyl (C=O) groups is 1. The molecule has 0 radical (unpaired) electrons. The summed E-state index contributed by atoms with van der Waals surface area (Å²) in [6, 6.07) is 22.2. The summed E-state index contributed by atoms with van der Waals surface area (Å²) in [5.74, 6) is -0.222. The highest BCUT2D eigenvalue weighted by Crippen LogP contribution is 2.23. The summed E-state index contributed by atoms with van der Waals surface area (Å²) in [5, 5.41) is 6.35. The van der Waals surface area contributed by atoms with Gasteiger partial charge in [0, 0.05) is 28.2 Å². The molecule has 1 N–H and O–H groups in total. The fourth-order valence-electron chi connectivity index (χ4n) is 3.90. The predicted molar refractivity (Wildman–Crippen MR) is 124 cm³/mol. The molecule has 0 aliphatic heterocycles. The van der Waals surface area contributed by atoms with Gasteiger partial charge in [0.05, 0.1) is 6.21 Å². The van der Waals surface area contributed by atoms with Gasteiger partial charge < -0.3 is 4.57 Å². The Morgan fingerprint density at radius 2 is 1.67 bits per heavy atom. The molecule has 0 saturated heterocycles. The number of amides is 1. The molecule has 4 nitrogen and oxygen atoms in total. The first-order chi connectivity index (χ1) is 14.4. The largest absolute Gasteiger partial charge is 0.318 e. The lowest BCUT2D eigenvalue weighted by atomic mass is 10.1. The van der Waals surface area contributed by atoms with Gasteiger partial charge in [-0.15, -0.1) is 0 Å². The maximum absolute atomic E-state index is 12.5. The van der Waals surface area contributed by atoms with Crippen molar-refractivity contribution in [3.63, 3.8) is 0 Å². The van der Waals surface area contributed by atoms with E-state index in [4.69, 9.17) is 0 Å². The Bertz CT molecular complexity index is 1280. The molecule has 0 fully saturated rings. The van der Waals surface area contributed by atoms with Gasteiger partial charge in [0.15, 0.2) is 0 Å². The summed E-state index contributed by atoms with van der Waals surface area (Å²) in [5.41, 5.74) is 10.1.